The lowest BCUT2D eigenvalue weighted by Gasteiger charge is -2.22. The molecule has 2 aromatic carbocycles. The third-order valence-corrected chi connectivity index (χ3v) is 2.94. The smallest absolute Gasteiger partial charge is 0.340 e. The summed E-state index contributed by atoms with van der Waals surface area (Å²) in [6.45, 7) is 0. The van der Waals surface area contributed by atoms with Crippen LogP contribution < -0.4 is 10.6 Å². The number of halogens is 2. The third-order valence-electron chi connectivity index (χ3n) is 2.94. The van der Waals surface area contributed by atoms with Gasteiger partial charge in [-0.1, -0.05) is 6.07 Å². The number of aromatic carboxylic acids is 1. The summed E-state index contributed by atoms with van der Waals surface area (Å²) in [5, 5.41) is 9.17. The van der Waals surface area contributed by atoms with Gasteiger partial charge in [-0.25, -0.2) is 13.6 Å². The van der Waals surface area contributed by atoms with Crippen molar-refractivity contribution in [3.8, 4) is 0 Å². The summed E-state index contributed by atoms with van der Waals surface area (Å²) in [4.78, 5) is 12.7. The van der Waals surface area contributed by atoms with Gasteiger partial charge in [0, 0.05) is 12.7 Å². The molecule has 2 aromatic rings. The molecular formula is C14H12F2N2O2. The van der Waals surface area contributed by atoms with Gasteiger partial charge in [-0.3, -0.25) is 0 Å². The molecule has 0 saturated carbocycles. The zero-order valence-electron chi connectivity index (χ0n) is 10.6. The van der Waals surface area contributed by atoms with Gasteiger partial charge in [-0.05, 0) is 30.3 Å². The Morgan fingerprint density at radius 1 is 1.25 bits per heavy atom. The lowest BCUT2D eigenvalue weighted by Crippen LogP contribution is -2.16. The summed E-state index contributed by atoms with van der Waals surface area (Å²) in [5.41, 5.74) is 5.29. The molecule has 0 bridgehead atoms. The highest BCUT2D eigenvalue weighted by Gasteiger charge is 2.20. The van der Waals surface area contributed by atoms with E-state index in [-0.39, 0.29) is 11.3 Å². The molecule has 6 heteroatoms. The number of nitrogen functional groups attached to an aromatic ring is 1. The van der Waals surface area contributed by atoms with Gasteiger partial charge in [-0.15, -0.1) is 0 Å². The number of carboxylic acid groups (broad SMARTS) is 1. The van der Waals surface area contributed by atoms with Crippen molar-refractivity contribution >= 4 is 23.0 Å². The lowest BCUT2D eigenvalue weighted by atomic mass is 10.1. The fourth-order valence-corrected chi connectivity index (χ4v) is 1.91. The molecule has 0 unspecified atom stereocenters. The van der Waals surface area contributed by atoms with Crippen LogP contribution in [0.15, 0.2) is 36.4 Å². The number of benzene rings is 2. The maximum Gasteiger partial charge on any atom is 0.340 e. The number of carbonyl (C=O) groups is 1. The molecule has 0 aliphatic rings. The summed E-state index contributed by atoms with van der Waals surface area (Å²) >= 11 is 0. The standard InChI is InChI=1S/C14H12F2N2O2/c1-18(9-4-2-3-8(15)7-9)11-6-5-10(16)13(17)12(11)14(19)20/h2-7H,17H2,1H3,(H,19,20). The van der Waals surface area contributed by atoms with Crippen LogP contribution in [-0.2, 0) is 0 Å². The van der Waals surface area contributed by atoms with Crippen molar-refractivity contribution in [3.05, 3.63) is 53.6 Å². The zero-order valence-corrected chi connectivity index (χ0v) is 10.6. The van der Waals surface area contributed by atoms with Gasteiger partial charge in [0.05, 0.1) is 11.4 Å². The molecule has 3 N–H and O–H groups in total. The van der Waals surface area contributed by atoms with E-state index in [1.54, 1.807) is 13.1 Å². The molecule has 0 aliphatic carbocycles. The summed E-state index contributed by atoms with van der Waals surface area (Å²) in [7, 11) is 1.55. The Kier molecular flexibility index (Phi) is 3.56. The first kappa shape index (κ1) is 13.8. The van der Waals surface area contributed by atoms with Crippen LogP contribution in [0.25, 0.3) is 0 Å². The van der Waals surface area contributed by atoms with Gasteiger partial charge < -0.3 is 15.7 Å². The molecule has 0 aliphatic heterocycles. The van der Waals surface area contributed by atoms with Crippen molar-refractivity contribution < 1.29 is 18.7 Å². The van der Waals surface area contributed by atoms with E-state index >= 15 is 0 Å². The first-order valence-electron chi connectivity index (χ1n) is 5.72. The minimum atomic E-state index is -1.35. The summed E-state index contributed by atoms with van der Waals surface area (Å²) in [6, 6.07) is 7.98. The number of hydrogen-bond acceptors (Lipinski definition) is 3. The average Bonchev–Trinajstić information content (AvgIpc) is 2.40. The molecule has 20 heavy (non-hydrogen) atoms. The predicted molar refractivity (Wildman–Crippen MR) is 72.2 cm³/mol. The van der Waals surface area contributed by atoms with Gasteiger partial charge in [0.25, 0.3) is 0 Å². The Morgan fingerprint density at radius 2 is 1.95 bits per heavy atom. The number of hydrogen-bond donors (Lipinski definition) is 2. The van der Waals surface area contributed by atoms with Crippen molar-refractivity contribution in [1.82, 2.24) is 0 Å². The zero-order chi connectivity index (χ0) is 14.9. The Labute approximate surface area is 114 Å². The molecule has 0 atom stereocenters. The highest BCUT2D eigenvalue weighted by atomic mass is 19.1. The van der Waals surface area contributed by atoms with Crippen LogP contribution in [0.4, 0.5) is 25.8 Å². The van der Waals surface area contributed by atoms with Gasteiger partial charge >= 0.3 is 5.97 Å². The molecule has 104 valence electrons. The second-order valence-electron chi connectivity index (χ2n) is 4.20. The second-order valence-corrected chi connectivity index (χ2v) is 4.20. The maximum absolute atomic E-state index is 13.4. The van der Waals surface area contributed by atoms with Crippen molar-refractivity contribution in [2.45, 2.75) is 0 Å². The van der Waals surface area contributed by atoms with Crippen molar-refractivity contribution in [1.29, 1.82) is 0 Å². The van der Waals surface area contributed by atoms with E-state index in [1.165, 1.54) is 29.2 Å². The Hall–Kier alpha value is -2.63. The largest absolute Gasteiger partial charge is 0.478 e. The van der Waals surface area contributed by atoms with E-state index in [0.29, 0.717) is 5.69 Å². The molecule has 0 aromatic heterocycles. The fourth-order valence-electron chi connectivity index (χ4n) is 1.91. The summed E-state index contributed by atoms with van der Waals surface area (Å²) < 4.78 is 26.6. The highest BCUT2D eigenvalue weighted by Crippen LogP contribution is 2.32. The van der Waals surface area contributed by atoms with Gasteiger partial charge in [0.1, 0.15) is 17.2 Å². The Morgan fingerprint density at radius 3 is 2.55 bits per heavy atom. The van der Waals surface area contributed by atoms with E-state index < -0.39 is 23.3 Å². The molecule has 0 spiro atoms. The first-order chi connectivity index (χ1) is 9.41. The molecule has 0 amide bonds. The molecule has 0 saturated heterocycles. The number of nitrogens with zero attached hydrogens (tertiary/aromatic N) is 1. The van der Waals surface area contributed by atoms with E-state index in [2.05, 4.69) is 0 Å². The Balaban J connectivity index is 2.58. The van der Waals surface area contributed by atoms with Gasteiger partial charge in [-0.2, -0.15) is 0 Å². The predicted octanol–water partition coefficient (Wildman–Crippen LogP) is 3.01. The molecular weight excluding hydrogens is 266 g/mol. The SMILES string of the molecule is CN(c1cccc(F)c1)c1ccc(F)c(N)c1C(=O)O. The van der Waals surface area contributed by atoms with Crippen LogP contribution in [0, 0.1) is 11.6 Å². The summed E-state index contributed by atoms with van der Waals surface area (Å²) in [6.07, 6.45) is 0. The van der Waals surface area contributed by atoms with Gasteiger partial charge in [0.2, 0.25) is 0 Å². The molecule has 2 rings (SSSR count). The van der Waals surface area contributed by atoms with E-state index in [0.717, 1.165) is 6.07 Å². The van der Waals surface area contributed by atoms with E-state index in [9.17, 15) is 18.7 Å². The van der Waals surface area contributed by atoms with E-state index in [4.69, 9.17) is 5.73 Å². The highest BCUT2D eigenvalue weighted by molar-refractivity contribution is 6.01. The topological polar surface area (TPSA) is 66.6 Å². The van der Waals surface area contributed by atoms with E-state index in [1.807, 2.05) is 0 Å². The minimum absolute atomic E-state index is 0.182. The maximum atomic E-state index is 13.4. The van der Waals surface area contributed by atoms with Crippen molar-refractivity contribution in [2.24, 2.45) is 0 Å². The Bertz CT molecular complexity index is 674. The van der Waals surface area contributed by atoms with Crippen LogP contribution in [0.3, 0.4) is 0 Å². The summed E-state index contributed by atoms with van der Waals surface area (Å²) in [5.74, 6) is -2.61. The fraction of sp³-hybridized carbons (Fsp3) is 0.0714. The van der Waals surface area contributed by atoms with Crippen molar-refractivity contribution in [2.75, 3.05) is 17.7 Å². The van der Waals surface area contributed by atoms with Crippen LogP contribution in [0.1, 0.15) is 10.4 Å². The normalized spacial score (nSPS) is 10.3. The lowest BCUT2D eigenvalue weighted by molar-refractivity contribution is 0.0698. The minimum Gasteiger partial charge on any atom is -0.478 e. The number of anilines is 3. The molecule has 0 heterocycles. The molecule has 4 nitrogen and oxygen atoms in total. The van der Waals surface area contributed by atoms with Crippen LogP contribution in [-0.4, -0.2) is 18.1 Å². The van der Waals surface area contributed by atoms with Crippen molar-refractivity contribution in [3.63, 3.8) is 0 Å². The van der Waals surface area contributed by atoms with Crippen LogP contribution >= 0.6 is 0 Å². The second kappa shape index (κ2) is 5.16. The monoisotopic (exact) mass is 278 g/mol. The van der Waals surface area contributed by atoms with Crippen LogP contribution in [0.5, 0.6) is 0 Å². The number of carboxylic acids is 1. The van der Waals surface area contributed by atoms with Gasteiger partial charge in [0.15, 0.2) is 0 Å². The molecule has 0 radical (unpaired) electrons. The third kappa shape index (κ3) is 2.40. The number of rotatable bonds is 3. The average molecular weight is 278 g/mol. The first-order valence-corrected chi connectivity index (χ1v) is 5.72. The molecule has 0 fully saturated rings. The van der Waals surface area contributed by atoms with Crippen LogP contribution in [0.2, 0.25) is 0 Å². The quantitative estimate of drug-likeness (QED) is 0.847. The number of nitrogens with two attached hydrogens (primary N) is 1.